The number of rotatable bonds is 7. The molecule has 0 radical (unpaired) electrons. The van der Waals surface area contributed by atoms with Crippen LogP contribution in [0.1, 0.15) is 31.0 Å². The number of ether oxygens (including phenoxy) is 4. The molecule has 0 aliphatic carbocycles. The minimum absolute atomic E-state index is 0.119. The lowest BCUT2D eigenvalue weighted by Crippen LogP contribution is -2.39. The fourth-order valence-corrected chi connectivity index (χ4v) is 5.77. The van der Waals surface area contributed by atoms with Gasteiger partial charge in [0.2, 0.25) is 6.79 Å². The van der Waals surface area contributed by atoms with E-state index in [0.29, 0.717) is 50.0 Å². The van der Waals surface area contributed by atoms with Crippen LogP contribution in [0.15, 0.2) is 74.6 Å². The van der Waals surface area contributed by atoms with Crippen molar-refractivity contribution in [3.63, 3.8) is 0 Å². The van der Waals surface area contributed by atoms with Crippen LogP contribution in [0.4, 0.5) is 0 Å². The maximum absolute atomic E-state index is 13.8. The first-order valence-electron chi connectivity index (χ1n) is 11.5. The predicted molar refractivity (Wildman–Crippen MR) is 143 cm³/mol. The fraction of sp³-hybridized carbons (Fsp3) is 0.222. The van der Waals surface area contributed by atoms with Gasteiger partial charge in [-0.2, -0.15) is 0 Å². The Kier molecular flexibility index (Phi) is 7.03. The predicted octanol–water partition coefficient (Wildman–Crippen LogP) is 3.85. The van der Waals surface area contributed by atoms with E-state index in [1.165, 1.54) is 11.3 Å². The van der Waals surface area contributed by atoms with Gasteiger partial charge in [-0.25, -0.2) is 9.79 Å². The van der Waals surface area contributed by atoms with E-state index in [0.717, 1.165) is 10.0 Å². The van der Waals surface area contributed by atoms with Crippen molar-refractivity contribution in [3.05, 3.63) is 95.6 Å². The third-order valence-corrected chi connectivity index (χ3v) is 7.44. The molecule has 2 aliphatic rings. The number of benzene rings is 2. The van der Waals surface area contributed by atoms with Gasteiger partial charge in [0, 0.05) is 0 Å². The Morgan fingerprint density at radius 3 is 2.84 bits per heavy atom. The van der Waals surface area contributed by atoms with E-state index >= 15 is 0 Å². The van der Waals surface area contributed by atoms with Crippen molar-refractivity contribution in [1.82, 2.24) is 4.57 Å². The highest BCUT2D eigenvalue weighted by Crippen LogP contribution is 2.38. The second-order valence-electron chi connectivity index (χ2n) is 8.20. The maximum atomic E-state index is 13.8. The van der Waals surface area contributed by atoms with Crippen LogP contribution in [0.3, 0.4) is 0 Å². The molecule has 0 saturated carbocycles. The zero-order valence-corrected chi connectivity index (χ0v) is 22.6. The molecule has 37 heavy (non-hydrogen) atoms. The summed E-state index contributed by atoms with van der Waals surface area (Å²) in [5.74, 6) is 1.33. The molecule has 0 spiro atoms. The Bertz CT molecular complexity index is 1620. The lowest BCUT2D eigenvalue weighted by molar-refractivity contribution is -0.139. The molecule has 190 valence electrons. The van der Waals surface area contributed by atoms with Crippen molar-refractivity contribution >= 4 is 39.3 Å². The number of halogens is 1. The van der Waals surface area contributed by atoms with Crippen LogP contribution in [0, 0.1) is 0 Å². The van der Waals surface area contributed by atoms with E-state index < -0.39 is 12.0 Å². The summed E-state index contributed by atoms with van der Waals surface area (Å²) in [6, 6.07) is 10.2. The summed E-state index contributed by atoms with van der Waals surface area (Å²) in [5.41, 5.74) is 2.06. The van der Waals surface area contributed by atoms with E-state index in [1.54, 1.807) is 42.7 Å². The molecule has 8 nitrogen and oxygen atoms in total. The number of esters is 1. The molecule has 3 aromatic rings. The molecule has 0 fully saturated rings. The van der Waals surface area contributed by atoms with Gasteiger partial charge < -0.3 is 18.9 Å². The molecule has 3 heterocycles. The normalized spacial score (nSPS) is 16.3. The van der Waals surface area contributed by atoms with Crippen molar-refractivity contribution in [2.45, 2.75) is 19.9 Å². The van der Waals surface area contributed by atoms with Crippen molar-refractivity contribution in [1.29, 1.82) is 0 Å². The lowest BCUT2D eigenvalue weighted by atomic mass is 9.95. The highest BCUT2D eigenvalue weighted by molar-refractivity contribution is 9.10. The average Bonchev–Trinajstić information content (AvgIpc) is 3.46. The summed E-state index contributed by atoms with van der Waals surface area (Å²) in [6.45, 7) is 7.86. The molecule has 1 unspecified atom stereocenters. The van der Waals surface area contributed by atoms with Crippen molar-refractivity contribution in [2.75, 3.05) is 20.0 Å². The van der Waals surface area contributed by atoms with E-state index in [-0.39, 0.29) is 19.0 Å². The van der Waals surface area contributed by atoms with Crippen LogP contribution in [0.5, 0.6) is 17.2 Å². The van der Waals surface area contributed by atoms with Crippen molar-refractivity contribution in [2.24, 2.45) is 4.99 Å². The van der Waals surface area contributed by atoms with Crippen LogP contribution in [0.25, 0.3) is 6.08 Å². The number of carbonyl (C=O) groups excluding carboxylic acids is 1. The Balaban J connectivity index is 1.65. The number of aromatic nitrogens is 1. The van der Waals surface area contributed by atoms with E-state index in [2.05, 4.69) is 27.5 Å². The number of thiazole rings is 1. The zero-order valence-electron chi connectivity index (χ0n) is 20.2. The van der Waals surface area contributed by atoms with Crippen LogP contribution in [-0.2, 0) is 9.53 Å². The first-order chi connectivity index (χ1) is 17.9. The summed E-state index contributed by atoms with van der Waals surface area (Å²) in [4.78, 5) is 31.9. The number of carbonyl (C=O) groups is 1. The molecule has 0 amide bonds. The third-order valence-electron chi connectivity index (χ3n) is 5.84. The zero-order chi connectivity index (χ0) is 26.1. The van der Waals surface area contributed by atoms with Crippen molar-refractivity contribution < 1.29 is 23.7 Å². The van der Waals surface area contributed by atoms with Gasteiger partial charge in [-0.15, -0.1) is 0 Å². The number of hydrogen-bond acceptors (Lipinski definition) is 8. The summed E-state index contributed by atoms with van der Waals surface area (Å²) >= 11 is 4.78. The van der Waals surface area contributed by atoms with Crippen molar-refractivity contribution in [3.8, 4) is 17.2 Å². The Labute approximate surface area is 224 Å². The maximum Gasteiger partial charge on any atom is 0.338 e. The number of allylic oxidation sites excluding steroid dienone is 1. The highest BCUT2D eigenvalue weighted by Gasteiger charge is 2.34. The smallest absolute Gasteiger partial charge is 0.338 e. The first kappa shape index (κ1) is 25.0. The van der Waals surface area contributed by atoms with Crippen LogP contribution in [0.2, 0.25) is 0 Å². The lowest BCUT2D eigenvalue weighted by Gasteiger charge is -2.24. The fourth-order valence-electron chi connectivity index (χ4n) is 4.21. The van der Waals surface area contributed by atoms with Crippen LogP contribution < -0.4 is 29.1 Å². The third kappa shape index (κ3) is 4.74. The van der Waals surface area contributed by atoms with Crippen LogP contribution in [-0.4, -0.2) is 30.5 Å². The molecule has 1 aromatic heterocycles. The summed E-state index contributed by atoms with van der Waals surface area (Å²) in [5, 5.41) is 0. The number of fused-ring (bicyclic) bond motifs is 2. The quantitative estimate of drug-likeness (QED) is 0.310. The van der Waals surface area contributed by atoms with E-state index in [1.807, 2.05) is 24.3 Å². The van der Waals surface area contributed by atoms with Gasteiger partial charge in [-0.3, -0.25) is 9.36 Å². The highest BCUT2D eigenvalue weighted by atomic mass is 79.9. The van der Waals surface area contributed by atoms with E-state index in [9.17, 15) is 9.59 Å². The van der Waals surface area contributed by atoms with Gasteiger partial charge in [0.1, 0.15) is 12.4 Å². The molecule has 0 bridgehead atoms. The first-order valence-corrected chi connectivity index (χ1v) is 13.1. The molecular weight excluding hydrogens is 560 g/mol. The molecular formula is C27H23BrN2O6S. The molecule has 2 aliphatic heterocycles. The second-order valence-corrected chi connectivity index (χ2v) is 10.1. The van der Waals surface area contributed by atoms with Crippen LogP contribution >= 0.6 is 27.3 Å². The standard InChI is InChI=1S/C27H23BrN2O6S/c1-4-10-34-19-8-6-16(11-18(19)28)12-22-25(31)30-24(17-7-9-20-21(13-17)36-14-35-20)23(26(32)33-5-2)15(3)29-27(30)37-22/h4,6-9,11-13,24H,1,5,10,14H2,2-3H3/b22-12+. The molecule has 10 heteroatoms. The van der Waals surface area contributed by atoms with Gasteiger partial charge in [-0.05, 0) is 71.2 Å². The van der Waals surface area contributed by atoms with Gasteiger partial charge in [0.25, 0.3) is 5.56 Å². The summed E-state index contributed by atoms with van der Waals surface area (Å²) in [7, 11) is 0. The van der Waals surface area contributed by atoms with Gasteiger partial charge in [0.05, 0.1) is 32.9 Å². The average molecular weight is 583 g/mol. The Morgan fingerprint density at radius 2 is 2.08 bits per heavy atom. The van der Waals surface area contributed by atoms with E-state index in [4.69, 9.17) is 18.9 Å². The summed E-state index contributed by atoms with van der Waals surface area (Å²) < 4.78 is 24.8. The molecule has 0 saturated heterocycles. The minimum atomic E-state index is -0.728. The largest absolute Gasteiger partial charge is 0.488 e. The molecule has 5 rings (SSSR count). The molecule has 0 N–H and O–H groups in total. The van der Waals surface area contributed by atoms with Gasteiger partial charge in [0.15, 0.2) is 16.3 Å². The SMILES string of the molecule is C=CCOc1ccc(/C=c2/sc3n(c2=O)C(c2ccc4c(c2)OCO4)C(C(=O)OCC)=C(C)N=3)cc1Br. The molecule has 1 atom stereocenters. The summed E-state index contributed by atoms with van der Waals surface area (Å²) in [6.07, 6.45) is 3.47. The molecule has 2 aromatic carbocycles. The number of nitrogens with zero attached hydrogens (tertiary/aromatic N) is 2. The van der Waals surface area contributed by atoms with Gasteiger partial charge in [-0.1, -0.05) is 36.1 Å². The second kappa shape index (κ2) is 10.4. The Morgan fingerprint density at radius 1 is 1.27 bits per heavy atom. The Hall–Kier alpha value is -3.63. The monoisotopic (exact) mass is 582 g/mol. The number of hydrogen-bond donors (Lipinski definition) is 0. The minimum Gasteiger partial charge on any atom is -0.488 e. The van der Waals surface area contributed by atoms with Gasteiger partial charge >= 0.3 is 5.97 Å². The topological polar surface area (TPSA) is 88.3 Å².